The Hall–Kier alpha value is -1.22. The van der Waals surface area contributed by atoms with Gasteiger partial charge in [-0.05, 0) is 56.7 Å². The molecule has 1 saturated heterocycles. The molecule has 1 N–H and O–H groups in total. The van der Waals surface area contributed by atoms with Crippen LogP contribution in [0, 0.1) is 5.92 Å². The first-order valence-corrected chi connectivity index (χ1v) is 8.53. The maximum Gasteiger partial charge on any atom is 0.121 e. The van der Waals surface area contributed by atoms with E-state index in [2.05, 4.69) is 41.4 Å². The van der Waals surface area contributed by atoms with Crippen molar-refractivity contribution in [3.05, 3.63) is 24.3 Å². The highest BCUT2D eigenvalue weighted by Gasteiger charge is 2.19. The molecule has 2 fully saturated rings. The van der Waals surface area contributed by atoms with E-state index in [0.29, 0.717) is 6.10 Å². The fourth-order valence-electron chi connectivity index (χ4n) is 3.40. The predicted octanol–water partition coefficient (Wildman–Crippen LogP) is 3.44. The molecule has 21 heavy (non-hydrogen) atoms. The maximum atomic E-state index is 6.22. The van der Waals surface area contributed by atoms with Crippen LogP contribution in [0.2, 0.25) is 0 Å². The number of ether oxygens (including phenoxy) is 1. The van der Waals surface area contributed by atoms with E-state index in [-0.39, 0.29) is 0 Å². The fourth-order valence-corrected chi connectivity index (χ4v) is 3.40. The van der Waals surface area contributed by atoms with Gasteiger partial charge in [0.25, 0.3) is 0 Å². The van der Waals surface area contributed by atoms with Crippen molar-refractivity contribution in [3.63, 3.8) is 0 Å². The second-order valence-corrected chi connectivity index (χ2v) is 6.59. The van der Waals surface area contributed by atoms with Crippen LogP contribution in [-0.2, 0) is 0 Å². The molecule has 0 bridgehead atoms. The highest BCUT2D eigenvalue weighted by Crippen LogP contribution is 2.29. The minimum Gasteiger partial charge on any atom is -0.490 e. The summed E-state index contributed by atoms with van der Waals surface area (Å²) in [6, 6.07) is 8.68. The van der Waals surface area contributed by atoms with Gasteiger partial charge in [0.1, 0.15) is 5.75 Å². The van der Waals surface area contributed by atoms with Crippen molar-refractivity contribution in [2.45, 2.75) is 45.1 Å². The lowest BCUT2D eigenvalue weighted by atomic mass is 9.89. The smallest absolute Gasteiger partial charge is 0.121 e. The second kappa shape index (κ2) is 7.17. The first-order valence-electron chi connectivity index (χ1n) is 8.53. The highest BCUT2D eigenvalue weighted by molar-refractivity contribution is 5.51. The average Bonchev–Trinajstić information content (AvgIpc) is 2.79. The molecule has 1 saturated carbocycles. The number of anilines is 1. The molecule has 1 aromatic rings. The molecule has 3 heteroatoms. The van der Waals surface area contributed by atoms with E-state index in [0.717, 1.165) is 37.8 Å². The Labute approximate surface area is 128 Å². The van der Waals surface area contributed by atoms with E-state index < -0.39 is 0 Å². The van der Waals surface area contributed by atoms with Crippen LogP contribution in [0.25, 0.3) is 0 Å². The van der Waals surface area contributed by atoms with Crippen molar-refractivity contribution in [2.24, 2.45) is 5.92 Å². The van der Waals surface area contributed by atoms with Crippen molar-refractivity contribution < 1.29 is 4.74 Å². The highest BCUT2D eigenvalue weighted by atomic mass is 16.5. The largest absolute Gasteiger partial charge is 0.490 e. The summed E-state index contributed by atoms with van der Waals surface area (Å²) < 4.78 is 6.22. The number of nitrogens with one attached hydrogen (secondary N) is 1. The van der Waals surface area contributed by atoms with Crippen molar-refractivity contribution >= 4 is 5.69 Å². The molecule has 3 nitrogen and oxygen atoms in total. The predicted molar refractivity (Wildman–Crippen MR) is 88.2 cm³/mol. The third kappa shape index (κ3) is 4.13. The van der Waals surface area contributed by atoms with Gasteiger partial charge in [0.15, 0.2) is 0 Å². The Morgan fingerprint density at radius 1 is 1.10 bits per heavy atom. The van der Waals surface area contributed by atoms with Crippen molar-refractivity contribution in [1.29, 1.82) is 0 Å². The van der Waals surface area contributed by atoms with Crippen LogP contribution in [0.3, 0.4) is 0 Å². The molecule has 0 atom stereocenters. The topological polar surface area (TPSA) is 24.5 Å². The summed E-state index contributed by atoms with van der Waals surface area (Å²) in [7, 11) is 0. The Bertz CT molecular complexity index is 433. The molecular formula is C18H28N2O. The van der Waals surface area contributed by atoms with Crippen molar-refractivity contribution in [3.8, 4) is 5.75 Å². The van der Waals surface area contributed by atoms with E-state index in [9.17, 15) is 0 Å². The molecule has 0 unspecified atom stereocenters. The summed E-state index contributed by atoms with van der Waals surface area (Å²) in [4.78, 5) is 2.47. The average molecular weight is 288 g/mol. The molecule has 3 rings (SSSR count). The summed E-state index contributed by atoms with van der Waals surface area (Å²) in [6.07, 6.45) is 6.66. The minimum absolute atomic E-state index is 0.419. The fraction of sp³-hybridized carbons (Fsp3) is 0.667. The summed E-state index contributed by atoms with van der Waals surface area (Å²) in [5.41, 5.74) is 1.31. The van der Waals surface area contributed by atoms with Crippen LogP contribution in [0.1, 0.15) is 39.0 Å². The lowest BCUT2D eigenvalue weighted by Gasteiger charge is -2.28. The van der Waals surface area contributed by atoms with Crippen LogP contribution in [-0.4, -0.2) is 32.3 Å². The van der Waals surface area contributed by atoms with E-state index in [1.165, 1.54) is 37.8 Å². The standard InChI is InChI=1S/C18H28N2O/c1-15-6-8-17(9-7-15)21-18-5-2-4-16(14-18)20-12-3-10-19-11-13-20/h2,4-5,14-15,17,19H,3,6-13H2,1H3. The molecule has 1 heterocycles. The van der Waals surface area contributed by atoms with Crippen LogP contribution in [0.5, 0.6) is 5.75 Å². The summed E-state index contributed by atoms with van der Waals surface area (Å²) in [5, 5.41) is 3.46. The SMILES string of the molecule is CC1CCC(Oc2cccc(N3CCCNCC3)c2)CC1. The van der Waals surface area contributed by atoms with Crippen molar-refractivity contribution in [1.82, 2.24) is 5.32 Å². The van der Waals surface area contributed by atoms with E-state index in [1.54, 1.807) is 0 Å². The Balaban J connectivity index is 1.62. The molecule has 0 spiro atoms. The lowest BCUT2D eigenvalue weighted by molar-refractivity contribution is 0.135. The first-order chi connectivity index (χ1) is 10.3. The minimum atomic E-state index is 0.419. The molecule has 1 aliphatic heterocycles. The molecule has 2 aliphatic rings. The van der Waals surface area contributed by atoms with Gasteiger partial charge in [-0.3, -0.25) is 0 Å². The van der Waals surface area contributed by atoms with Crippen LogP contribution < -0.4 is 15.0 Å². The van der Waals surface area contributed by atoms with E-state index >= 15 is 0 Å². The maximum absolute atomic E-state index is 6.22. The number of hydrogen-bond donors (Lipinski definition) is 1. The Morgan fingerprint density at radius 2 is 1.95 bits per heavy atom. The van der Waals surface area contributed by atoms with Gasteiger partial charge in [0.2, 0.25) is 0 Å². The third-order valence-electron chi connectivity index (χ3n) is 4.79. The molecule has 0 radical (unpaired) electrons. The number of rotatable bonds is 3. The van der Waals surface area contributed by atoms with Gasteiger partial charge in [-0.2, -0.15) is 0 Å². The molecule has 1 aromatic carbocycles. The van der Waals surface area contributed by atoms with Gasteiger partial charge in [-0.1, -0.05) is 13.0 Å². The van der Waals surface area contributed by atoms with Gasteiger partial charge in [-0.25, -0.2) is 0 Å². The van der Waals surface area contributed by atoms with Crippen LogP contribution in [0.4, 0.5) is 5.69 Å². The molecule has 0 aromatic heterocycles. The van der Waals surface area contributed by atoms with Crippen molar-refractivity contribution in [2.75, 3.05) is 31.1 Å². The summed E-state index contributed by atoms with van der Waals surface area (Å²) >= 11 is 0. The van der Waals surface area contributed by atoms with E-state index in [4.69, 9.17) is 4.74 Å². The monoisotopic (exact) mass is 288 g/mol. The van der Waals surface area contributed by atoms with Gasteiger partial charge < -0.3 is 15.0 Å². The number of benzene rings is 1. The van der Waals surface area contributed by atoms with Crippen LogP contribution in [0.15, 0.2) is 24.3 Å². The number of hydrogen-bond acceptors (Lipinski definition) is 3. The zero-order valence-electron chi connectivity index (χ0n) is 13.2. The third-order valence-corrected chi connectivity index (χ3v) is 4.79. The zero-order chi connectivity index (χ0) is 14.5. The van der Waals surface area contributed by atoms with Gasteiger partial charge in [-0.15, -0.1) is 0 Å². The van der Waals surface area contributed by atoms with Crippen LogP contribution >= 0.6 is 0 Å². The van der Waals surface area contributed by atoms with Gasteiger partial charge in [0, 0.05) is 31.4 Å². The second-order valence-electron chi connectivity index (χ2n) is 6.59. The molecule has 1 aliphatic carbocycles. The van der Waals surface area contributed by atoms with Gasteiger partial charge >= 0.3 is 0 Å². The van der Waals surface area contributed by atoms with E-state index in [1.807, 2.05) is 0 Å². The van der Waals surface area contributed by atoms with Gasteiger partial charge in [0.05, 0.1) is 6.10 Å². The Morgan fingerprint density at radius 3 is 2.81 bits per heavy atom. The Kier molecular flexibility index (Phi) is 5.02. The zero-order valence-corrected chi connectivity index (χ0v) is 13.2. The molecular weight excluding hydrogens is 260 g/mol. The first kappa shape index (κ1) is 14.7. The summed E-state index contributed by atoms with van der Waals surface area (Å²) in [6.45, 7) is 6.78. The lowest BCUT2D eigenvalue weighted by Crippen LogP contribution is -2.28. The normalized spacial score (nSPS) is 27.2. The quantitative estimate of drug-likeness (QED) is 0.922. The molecule has 0 amide bonds. The number of nitrogens with zero attached hydrogens (tertiary/aromatic N) is 1. The molecule has 116 valence electrons. The summed E-state index contributed by atoms with van der Waals surface area (Å²) in [5.74, 6) is 1.92.